The fourth-order valence-corrected chi connectivity index (χ4v) is 3.78. The maximum absolute atomic E-state index is 12.0. The molecule has 28 heavy (non-hydrogen) atoms. The highest BCUT2D eigenvalue weighted by Crippen LogP contribution is 2.44. The number of hydrogen-bond donors (Lipinski definition) is 0. The fourth-order valence-electron chi connectivity index (χ4n) is 1.82. The van der Waals surface area contributed by atoms with Crippen LogP contribution in [0.3, 0.4) is 0 Å². The van der Waals surface area contributed by atoms with Crippen molar-refractivity contribution in [3.8, 4) is 11.5 Å². The van der Waals surface area contributed by atoms with E-state index in [1.54, 1.807) is 0 Å². The van der Waals surface area contributed by atoms with Crippen LogP contribution in [0.4, 0.5) is 0 Å². The number of rotatable bonds is 5. The van der Waals surface area contributed by atoms with E-state index in [2.05, 4.69) is 0 Å². The lowest BCUT2D eigenvalue weighted by Crippen LogP contribution is -2.15. The van der Waals surface area contributed by atoms with Gasteiger partial charge in [0, 0.05) is 0 Å². The summed E-state index contributed by atoms with van der Waals surface area (Å²) in [7, 11) is 0. The second-order valence-electron chi connectivity index (χ2n) is 5.04. The van der Waals surface area contributed by atoms with Crippen molar-refractivity contribution < 1.29 is 19.1 Å². The zero-order chi connectivity index (χ0) is 21.2. The van der Waals surface area contributed by atoms with Gasteiger partial charge in [-0.05, 0) is 12.1 Å². The average Bonchev–Trinajstić information content (AvgIpc) is 2.63. The van der Waals surface area contributed by atoms with Gasteiger partial charge in [-0.1, -0.05) is 92.8 Å². The molecule has 0 saturated carbocycles. The minimum Gasteiger partial charge on any atom is -0.423 e. The molecule has 0 heterocycles. The summed E-state index contributed by atoms with van der Waals surface area (Å²) in [5.74, 6) is -1.98. The molecule has 0 aromatic heterocycles. The Balaban J connectivity index is 2.02. The van der Waals surface area contributed by atoms with Crippen LogP contribution in [0.25, 0.3) is 0 Å². The van der Waals surface area contributed by atoms with Gasteiger partial charge >= 0.3 is 11.9 Å². The van der Waals surface area contributed by atoms with Gasteiger partial charge < -0.3 is 9.47 Å². The largest absolute Gasteiger partial charge is 0.423 e. The van der Waals surface area contributed by atoms with Crippen LogP contribution >= 0.6 is 92.8 Å². The number of ether oxygens (including phenoxy) is 2. The Morgan fingerprint density at radius 2 is 0.893 bits per heavy atom. The number of hydrogen-bond acceptors (Lipinski definition) is 4. The van der Waals surface area contributed by atoms with Gasteiger partial charge in [-0.2, -0.15) is 0 Å². The molecule has 4 nitrogen and oxygen atoms in total. The molecule has 0 unspecified atom stereocenters. The summed E-state index contributed by atoms with van der Waals surface area (Å²) in [5.41, 5.74) is 0. The first-order valence-corrected chi connectivity index (χ1v) is 10.1. The van der Waals surface area contributed by atoms with Crippen molar-refractivity contribution in [3.05, 3.63) is 52.3 Å². The minimum atomic E-state index is -0.814. The Bertz CT molecular complexity index is 883. The third-order valence-corrected chi connectivity index (χ3v) is 6.16. The van der Waals surface area contributed by atoms with Crippen molar-refractivity contribution in [1.82, 2.24) is 0 Å². The van der Waals surface area contributed by atoms with Crippen LogP contribution in [0.15, 0.2) is 12.1 Å². The Kier molecular flexibility index (Phi) is 8.68. The summed E-state index contributed by atoms with van der Waals surface area (Å²) in [5, 5.41) is -0.188. The summed E-state index contributed by atoms with van der Waals surface area (Å²) in [4.78, 5) is 24.0. The highest BCUT2D eigenvalue weighted by molar-refractivity contribution is 6.51. The summed E-state index contributed by atoms with van der Waals surface area (Å²) >= 11 is 47.2. The van der Waals surface area contributed by atoms with Crippen LogP contribution in [0, 0.1) is 0 Å². The predicted octanol–water partition coefficient (Wildman–Crippen LogP) is 8.21. The monoisotopic (exact) mass is 542 g/mol. The van der Waals surface area contributed by atoms with Crippen LogP contribution in [-0.4, -0.2) is 11.9 Å². The molecule has 0 aliphatic carbocycles. The molecule has 0 N–H and O–H groups in total. The van der Waals surface area contributed by atoms with Crippen molar-refractivity contribution in [2.24, 2.45) is 0 Å². The van der Waals surface area contributed by atoms with E-state index in [1.165, 1.54) is 12.1 Å². The predicted molar refractivity (Wildman–Crippen MR) is 113 cm³/mol. The lowest BCUT2D eigenvalue weighted by molar-refractivity contribution is -0.140. The van der Waals surface area contributed by atoms with Crippen molar-refractivity contribution in [2.45, 2.75) is 12.8 Å². The molecular weight excluding hydrogens is 540 g/mol. The van der Waals surface area contributed by atoms with Crippen molar-refractivity contribution >= 4 is 105 Å². The molecule has 0 saturated heterocycles. The summed E-state index contributed by atoms with van der Waals surface area (Å²) in [6.45, 7) is 0. The van der Waals surface area contributed by atoms with E-state index >= 15 is 0 Å². The minimum absolute atomic E-state index is 0.0234. The van der Waals surface area contributed by atoms with Gasteiger partial charge in [0.2, 0.25) is 0 Å². The summed E-state index contributed by atoms with van der Waals surface area (Å²) < 4.78 is 10.1. The molecule has 0 atom stereocenters. The molecule has 2 aromatic carbocycles. The van der Waals surface area contributed by atoms with Gasteiger partial charge in [0.25, 0.3) is 0 Å². The van der Waals surface area contributed by atoms with Crippen molar-refractivity contribution in [2.75, 3.05) is 0 Å². The lowest BCUT2D eigenvalue weighted by atomic mass is 10.3. The van der Waals surface area contributed by atoms with Gasteiger partial charge in [-0.3, -0.25) is 9.59 Å². The molecule has 0 aliphatic heterocycles. The van der Waals surface area contributed by atoms with E-state index in [-0.39, 0.29) is 64.5 Å². The average molecular weight is 546 g/mol. The highest BCUT2D eigenvalue weighted by Gasteiger charge is 2.21. The Morgan fingerprint density at radius 1 is 0.571 bits per heavy atom. The first-order valence-electron chi connectivity index (χ1n) is 7.10. The smallest absolute Gasteiger partial charge is 0.311 e. The first-order chi connectivity index (χ1) is 13.0. The lowest BCUT2D eigenvalue weighted by Gasteiger charge is -2.11. The van der Waals surface area contributed by atoms with E-state index in [1.807, 2.05) is 0 Å². The van der Waals surface area contributed by atoms with E-state index in [9.17, 15) is 9.59 Å². The van der Waals surface area contributed by atoms with Gasteiger partial charge in [0.05, 0.1) is 43.0 Å². The third kappa shape index (κ3) is 5.65. The Hall–Kier alpha value is -0.300. The van der Waals surface area contributed by atoms with E-state index in [0.29, 0.717) is 0 Å². The van der Waals surface area contributed by atoms with Gasteiger partial charge in [0.15, 0.2) is 11.5 Å². The number of esters is 2. The van der Waals surface area contributed by atoms with Crippen molar-refractivity contribution in [1.29, 1.82) is 0 Å². The second-order valence-corrected chi connectivity index (χ2v) is 8.18. The normalized spacial score (nSPS) is 10.7. The Labute approximate surface area is 199 Å². The molecule has 0 spiro atoms. The second kappa shape index (κ2) is 10.1. The van der Waals surface area contributed by atoms with Crippen LogP contribution in [0.1, 0.15) is 12.8 Å². The highest BCUT2D eigenvalue weighted by atomic mass is 35.5. The molecule has 0 bridgehead atoms. The summed E-state index contributed by atoms with van der Waals surface area (Å²) in [6.07, 6.45) is -0.718. The van der Waals surface area contributed by atoms with Crippen LogP contribution in [-0.2, 0) is 9.59 Å². The van der Waals surface area contributed by atoms with Crippen LogP contribution in [0.2, 0.25) is 40.2 Å². The van der Waals surface area contributed by atoms with Gasteiger partial charge in [-0.25, -0.2) is 0 Å². The van der Waals surface area contributed by atoms with E-state index < -0.39 is 11.9 Å². The number of halogens is 8. The van der Waals surface area contributed by atoms with Crippen LogP contribution in [0.5, 0.6) is 11.5 Å². The zero-order valence-corrected chi connectivity index (χ0v) is 19.3. The maximum atomic E-state index is 12.0. The SMILES string of the molecule is O=C(CCC(=O)Oc1c(Cl)cc(Cl)c(Cl)c1Cl)Oc1c(Cl)cc(Cl)c(Cl)c1Cl. The molecule has 12 heteroatoms. The molecule has 0 aliphatic rings. The van der Waals surface area contributed by atoms with E-state index in [4.69, 9.17) is 102 Å². The van der Waals surface area contributed by atoms with Gasteiger partial charge in [0.1, 0.15) is 10.0 Å². The molecule has 0 amide bonds. The number of carbonyl (C=O) groups is 2. The van der Waals surface area contributed by atoms with Gasteiger partial charge in [-0.15, -0.1) is 0 Å². The topological polar surface area (TPSA) is 52.6 Å². The number of carbonyl (C=O) groups excluding carboxylic acids is 2. The molecule has 2 aromatic rings. The molecular formula is C16H6Cl8O4. The molecule has 150 valence electrons. The third-order valence-electron chi connectivity index (χ3n) is 3.11. The Morgan fingerprint density at radius 3 is 1.21 bits per heavy atom. The summed E-state index contributed by atoms with van der Waals surface area (Å²) in [6, 6.07) is 2.53. The van der Waals surface area contributed by atoms with Crippen LogP contribution < -0.4 is 9.47 Å². The van der Waals surface area contributed by atoms with E-state index in [0.717, 1.165) is 0 Å². The maximum Gasteiger partial charge on any atom is 0.311 e. The number of benzene rings is 2. The molecule has 0 fully saturated rings. The molecule has 0 radical (unpaired) electrons. The standard InChI is InChI=1S/C16H6Cl8O4/c17-5-3-7(19)15(13(23)11(5)21)27-9(25)1-2-10(26)28-16-8(20)4-6(18)12(22)14(16)24/h3-4H,1-2H2. The molecule has 2 rings (SSSR count). The first kappa shape index (κ1) is 24.0. The fraction of sp³-hybridized carbons (Fsp3) is 0.125. The zero-order valence-electron chi connectivity index (χ0n) is 13.2. The van der Waals surface area contributed by atoms with Crippen molar-refractivity contribution in [3.63, 3.8) is 0 Å². The quantitative estimate of drug-likeness (QED) is 0.164.